The van der Waals surface area contributed by atoms with E-state index in [4.69, 9.17) is 0 Å². The zero-order chi connectivity index (χ0) is 19.1. The minimum atomic E-state index is -0.285. The Morgan fingerprint density at radius 2 is 1.88 bits per heavy atom. The Morgan fingerprint density at radius 3 is 2.54 bits per heavy atom. The predicted octanol–water partition coefficient (Wildman–Crippen LogP) is 2.64. The molecule has 0 saturated carbocycles. The molecule has 5 nitrogen and oxygen atoms in total. The maximum absolute atomic E-state index is 12.8. The van der Waals surface area contributed by atoms with Gasteiger partial charge in [0.1, 0.15) is 5.56 Å². The van der Waals surface area contributed by atoms with Crippen molar-refractivity contribution >= 4 is 5.91 Å². The molecule has 26 heavy (non-hydrogen) atoms. The normalized spacial score (nSPS) is 12.2. The van der Waals surface area contributed by atoms with E-state index in [0.29, 0.717) is 12.1 Å². The number of likely N-dealkylation sites (N-methyl/N-ethyl adjacent to an activating group) is 1. The van der Waals surface area contributed by atoms with Gasteiger partial charge in [-0.25, -0.2) is 0 Å². The fourth-order valence-corrected chi connectivity index (χ4v) is 3.11. The van der Waals surface area contributed by atoms with Crippen molar-refractivity contribution in [2.75, 3.05) is 27.2 Å². The lowest BCUT2D eigenvalue weighted by Crippen LogP contribution is -2.37. The van der Waals surface area contributed by atoms with Crippen LogP contribution < -0.4 is 10.9 Å². The Bertz CT molecular complexity index is 782. The smallest absolute Gasteiger partial charge is 0.263 e. The number of benzene rings is 1. The number of aromatic nitrogens is 1. The monoisotopic (exact) mass is 355 g/mol. The van der Waals surface area contributed by atoms with Gasteiger partial charge in [-0.05, 0) is 58.0 Å². The Labute approximate surface area is 155 Å². The van der Waals surface area contributed by atoms with E-state index in [-0.39, 0.29) is 23.1 Å². The van der Waals surface area contributed by atoms with Gasteiger partial charge in [-0.15, -0.1) is 0 Å². The minimum Gasteiger partial charge on any atom is -0.352 e. The van der Waals surface area contributed by atoms with Crippen LogP contribution in [0.5, 0.6) is 0 Å². The second-order valence-corrected chi connectivity index (χ2v) is 7.04. The summed E-state index contributed by atoms with van der Waals surface area (Å²) in [5.41, 5.74) is 1.99. The highest BCUT2D eigenvalue weighted by atomic mass is 16.2. The van der Waals surface area contributed by atoms with Crippen molar-refractivity contribution in [2.24, 2.45) is 0 Å². The Balaban J connectivity index is 2.02. The third kappa shape index (κ3) is 5.30. The summed E-state index contributed by atoms with van der Waals surface area (Å²) in [5.74, 6) is -0.285. The van der Waals surface area contributed by atoms with Crippen LogP contribution in [0.25, 0.3) is 0 Å². The molecule has 1 N–H and O–H groups in total. The van der Waals surface area contributed by atoms with E-state index in [0.717, 1.165) is 19.4 Å². The molecule has 0 aliphatic rings. The first-order chi connectivity index (χ1) is 12.4. The number of nitrogens with one attached hydrogen (secondary N) is 1. The largest absolute Gasteiger partial charge is 0.352 e. The third-order valence-electron chi connectivity index (χ3n) is 4.43. The minimum absolute atomic E-state index is 0.00253. The van der Waals surface area contributed by atoms with Crippen molar-refractivity contribution in [1.29, 1.82) is 0 Å². The summed E-state index contributed by atoms with van der Waals surface area (Å²) in [4.78, 5) is 27.4. The summed E-state index contributed by atoms with van der Waals surface area (Å²) < 4.78 is 1.64. The second kappa shape index (κ2) is 9.34. The van der Waals surface area contributed by atoms with E-state index in [2.05, 4.69) is 17.4 Å². The van der Waals surface area contributed by atoms with Crippen LogP contribution in [-0.4, -0.2) is 42.6 Å². The first-order valence-electron chi connectivity index (χ1n) is 9.08. The number of carbonyl (C=O) groups excluding carboxylic acids is 1. The van der Waals surface area contributed by atoms with Gasteiger partial charge in [0, 0.05) is 25.3 Å². The number of hydrogen-bond donors (Lipinski definition) is 1. The zero-order valence-electron chi connectivity index (χ0n) is 16.2. The van der Waals surface area contributed by atoms with E-state index >= 15 is 0 Å². The standard InChI is InChI=1S/C21H29N3O2/c1-16-12-14-24(17(2)15-23(3)4)21(26)19(16)20(25)22-13-8-11-18-9-6-5-7-10-18/h5-7,9-10,12,14,17H,8,11,13,15H2,1-4H3,(H,22,25). The van der Waals surface area contributed by atoms with Crippen LogP contribution in [0.4, 0.5) is 0 Å². The van der Waals surface area contributed by atoms with Gasteiger partial charge in [0.15, 0.2) is 0 Å². The maximum atomic E-state index is 12.8. The van der Waals surface area contributed by atoms with Gasteiger partial charge in [-0.2, -0.15) is 0 Å². The number of amides is 1. The van der Waals surface area contributed by atoms with Crippen molar-refractivity contribution in [3.63, 3.8) is 0 Å². The van der Waals surface area contributed by atoms with Gasteiger partial charge >= 0.3 is 0 Å². The van der Waals surface area contributed by atoms with Crippen LogP contribution >= 0.6 is 0 Å². The van der Waals surface area contributed by atoms with Gasteiger partial charge in [0.05, 0.1) is 0 Å². The highest BCUT2D eigenvalue weighted by molar-refractivity contribution is 5.95. The molecule has 0 bridgehead atoms. The Kier molecular flexibility index (Phi) is 7.16. The quantitative estimate of drug-likeness (QED) is 0.741. The van der Waals surface area contributed by atoms with Crippen molar-refractivity contribution in [3.05, 3.63) is 69.6 Å². The molecule has 1 aromatic carbocycles. The molecule has 1 atom stereocenters. The topological polar surface area (TPSA) is 54.3 Å². The van der Waals surface area contributed by atoms with Crippen LogP contribution in [0.3, 0.4) is 0 Å². The molecule has 0 aliphatic carbocycles. The van der Waals surface area contributed by atoms with Crippen molar-refractivity contribution in [1.82, 2.24) is 14.8 Å². The van der Waals surface area contributed by atoms with Crippen LogP contribution in [0.1, 0.15) is 40.9 Å². The first kappa shape index (κ1) is 19.9. The van der Waals surface area contributed by atoms with E-state index < -0.39 is 0 Å². The Hall–Kier alpha value is -2.40. The summed E-state index contributed by atoms with van der Waals surface area (Å²) in [6.45, 7) is 5.08. The van der Waals surface area contributed by atoms with Crippen LogP contribution in [0.2, 0.25) is 0 Å². The fourth-order valence-electron chi connectivity index (χ4n) is 3.11. The Morgan fingerprint density at radius 1 is 1.19 bits per heavy atom. The molecular weight excluding hydrogens is 326 g/mol. The van der Waals surface area contributed by atoms with E-state index in [9.17, 15) is 9.59 Å². The number of carbonyl (C=O) groups is 1. The maximum Gasteiger partial charge on any atom is 0.263 e. The molecule has 0 fully saturated rings. The third-order valence-corrected chi connectivity index (χ3v) is 4.43. The van der Waals surface area contributed by atoms with Gasteiger partial charge < -0.3 is 14.8 Å². The highest BCUT2D eigenvalue weighted by Gasteiger charge is 2.18. The molecule has 1 amide bonds. The second-order valence-electron chi connectivity index (χ2n) is 7.04. The molecular formula is C21H29N3O2. The number of nitrogens with zero attached hydrogens (tertiary/aromatic N) is 2. The number of pyridine rings is 1. The van der Waals surface area contributed by atoms with Crippen LogP contribution in [0, 0.1) is 6.92 Å². The average molecular weight is 355 g/mol. The molecule has 0 radical (unpaired) electrons. The van der Waals surface area contributed by atoms with Gasteiger partial charge in [-0.1, -0.05) is 30.3 Å². The van der Waals surface area contributed by atoms with Crippen molar-refractivity contribution in [2.45, 2.75) is 32.7 Å². The van der Waals surface area contributed by atoms with Gasteiger partial charge in [0.25, 0.3) is 11.5 Å². The fraction of sp³-hybridized carbons (Fsp3) is 0.429. The summed E-state index contributed by atoms with van der Waals surface area (Å²) in [6, 6.07) is 12.0. The summed E-state index contributed by atoms with van der Waals surface area (Å²) in [7, 11) is 3.94. The molecule has 2 aromatic rings. The first-order valence-corrected chi connectivity index (χ1v) is 9.08. The molecule has 140 valence electrons. The molecule has 0 saturated heterocycles. The number of rotatable bonds is 8. The van der Waals surface area contributed by atoms with E-state index in [1.165, 1.54) is 5.56 Å². The SMILES string of the molecule is Cc1ccn(C(C)CN(C)C)c(=O)c1C(=O)NCCCc1ccccc1. The van der Waals surface area contributed by atoms with E-state index in [1.807, 2.05) is 50.2 Å². The van der Waals surface area contributed by atoms with Crippen LogP contribution in [-0.2, 0) is 6.42 Å². The average Bonchev–Trinajstić information content (AvgIpc) is 2.59. The lowest BCUT2D eigenvalue weighted by atomic mass is 10.1. The molecule has 1 aromatic heterocycles. The molecule has 0 spiro atoms. The summed E-state index contributed by atoms with van der Waals surface area (Å²) in [6.07, 6.45) is 3.52. The lowest BCUT2D eigenvalue weighted by molar-refractivity contribution is 0.0950. The highest BCUT2D eigenvalue weighted by Crippen LogP contribution is 2.08. The van der Waals surface area contributed by atoms with Crippen molar-refractivity contribution < 1.29 is 4.79 Å². The molecule has 2 rings (SSSR count). The van der Waals surface area contributed by atoms with E-state index in [1.54, 1.807) is 17.7 Å². The van der Waals surface area contributed by atoms with Gasteiger partial charge in [-0.3, -0.25) is 9.59 Å². The summed E-state index contributed by atoms with van der Waals surface area (Å²) >= 11 is 0. The number of hydrogen-bond acceptors (Lipinski definition) is 3. The molecule has 1 unspecified atom stereocenters. The zero-order valence-corrected chi connectivity index (χ0v) is 16.2. The van der Waals surface area contributed by atoms with Crippen molar-refractivity contribution in [3.8, 4) is 0 Å². The predicted molar refractivity (Wildman–Crippen MR) is 106 cm³/mol. The molecule has 0 aliphatic heterocycles. The summed E-state index contributed by atoms with van der Waals surface area (Å²) in [5, 5.41) is 2.90. The number of aryl methyl sites for hydroxylation is 2. The lowest BCUT2D eigenvalue weighted by Gasteiger charge is -2.20. The van der Waals surface area contributed by atoms with Crippen LogP contribution in [0.15, 0.2) is 47.4 Å². The molecule has 5 heteroatoms. The van der Waals surface area contributed by atoms with Gasteiger partial charge in [0.2, 0.25) is 0 Å². The molecule has 1 heterocycles.